The zero-order chi connectivity index (χ0) is 14.2. The first-order valence-electron chi connectivity index (χ1n) is 7.66. The molecule has 0 unspecified atom stereocenters. The molecule has 1 N–H and O–H groups in total. The smallest absolute Gasteiger partial charge is 0.104 e. The first-order valence-corrected chi connectivity index (χ1v) is 7.66. The third-order valence-electron chi connectivity index (χ3n) is 4.05. The summed E-state index contributed by atoms with van der Waals surface area (Å²) in [6, 6.07) is 8.24. The molecule has 2 rings (SSSR count). The normalized spacial score (nSPS) is 15.9. The lowest BCUT2D eigenvalue weighted by Crippen LogP contribution is -2.27. The number of hydrogen-bond acceptors (Lipinski definition) is 2. The van der Waals surface area contributed by atoms with Crippen LogP contribution in [0, 0.1) is 17.8 Å². The van der Waals surface area contributed by atoms with Crippen molar-refractivity contribution in [2.75, 3.05) is 20.2 Å². The van der Waals surface area contributed by atoms with E-state index in [0.717, 1.165) is 18.0 Å². The molecule has 1 aromatic carbocycles. The number of benzene rings is 1. The highest BCUT2D eigenvalue weighted by Crippen LogP contribution is 2.24. The number of hydrogen-bond donors (Lipinski definition) is 1. The molecule has 0 saturated heterocycles. The highest BCUT2D eigenvalue weighted by atomic mass is 16.2. The molecule has 0 aliphatic heterocycles. The van der Waals surface area contributed by atoms with E-state index in [0.29, 0.717) is 0 Å². The van der Waals surface area contributed by atoms with Gasteiger partial charge in [0.15, 0.2) is 0 Å². The van der Waals surface area contributed by atoms with Gasteiger partial charge in [-0.1, -0.05) is 49.3 Å². The Labute approximate surface area is 122 Å². The van der Waals surface area contributed by atoms with Crippen LogP contribution >= 0.6 is 0 Å². The monoisotopic (exact) mass is 271 g/mol. The molecule has 1 fully saturated rings. The van der Waals surface area contributed by atoms with Crippen molar-refractivity contribution in [3.8, 4) is 11.8 Å². The van der Waals surface area contributed by atoms with Crippen LogP contribution < -0.4 is 0 Å². The van der Waals surface area contributed by atoms with Gasteiger partial charge in [0.1, 0.15) is 6.61 Å². The van der Waals surface area contributed by atoms with Crippen molar-refractivity contribution in [3.63, 3.8) is 0 Å². The SMILES string of the molecule is CN(Cc1ccccc1C#CCO)CC1CCCCC1. The van der Waals surface area contributed by atoms with Gasteiger partial charge in [0.25, 0.3) is 0 Å². The van der Waals surface area contributed by atoms with Crippen molar-refractivity contribution in [2.24, 2.45) is 5.92 Å². The molecular formula is C18H25NO. The van der Waals surface area contributed by atoms with Gasteiger partial charge < -0.3 is 10.0 Å². The van der Waals surface area contributed by atoms with Gasteiger partial charge in [-0.25, -0.2) is 0 Å². The van der Waals surface area contributed by atoms with Crippen LogP contribution in [0.3, 0.4) is 0 Å². The maximum Gasteiger partial charge on any atom is 0.104 e. The van der Waals surface area contributed by atoms with E-state index in [4.69, 9.17) is 5.11 Å². The van der Waals surface area contributed by atoms with E-state index in [9.17, 15) is 0 Å². The predicted molar refractivity (Wildman–Crippen MR) is 83.3 cm³/mol. The van der Waals surface area contributed by atoms with Crippen LogP contribution in [0.1, 0.15) is 43.2 Å². The summed E-state index contributed by atoms with van der Waals surface area (Å²) < 4.78 is 0. The molecule has 0 amide bonds. The van der Waals surface area contributed by atoms with Gasteiger partial charge in [0, 0.05) is 18.7 Å². The van der Waals surface area contributed by atoms with Crippen LogP contribution in [0.15, 0.2) is 24.3 Å². The second-order valence-electron chi connectivity index (χ2n) is 5.82. The lowest BCUT2D eigenvalue weighted by molar-refractivity contribution is 0.228. The van der Waals surface area contributed by atoms with Crippen LogP contribution in [-0.4, -0.2) is 30.2 Å². The minimum atomic E-state index is -0.0771. The molecule has 0 heterocycles. The predicted octanol–water partition coefficient (Wildman–Crippen LogP) is 3.04. The minimum absolute atomic E-state index is 0.0771. The van der Waals surface area contributed by atoms with Crippen molar-refractivity contribution in [2.45, 2.75) is 38.6 Å². The van der Waals surface area contributed by atoms with E-state index in [2.05, 4.69) is 35.9 Å². The van der Waals surface area contributed by atoms with Gasteiger partial charge in [-0.2, -0.15) is 0 Å². The van der Waals surface area contributed by atoms with Gasteiger partial charge >= 0.3 is 0 Å². The van der Waals surface area contributed by atoms with E-state index in [1.54, 1.807) is 0 Å². The highest BCUT2D eigenvalue weighted by molar-refractivity contribution is 5.41. The standard InChI is InChI=1S/C18H25NO/c1-19(14-16-8-3-2-4-9-16)15-18-11-6-5-10-17(18)12-7-13-20/h5-6,10-11,16,20H,2-4,8-9,13-15H2,1H3. The van der Waals surface area contributed by atoms with Crippen molar-refractivity contribution in [1.29, 1.82) is 0 Å². The maximum atomic E-state index is 8.83. The quantitative estimate of drug-likeness (QED) is 0.851. The third kappa shape index (κ3) is 4.67. The Morgan fingerprint density at radius 3 is 2.70 bits per heavy atom. The Balaban J connectivity index is 1.94. The van der Waals surface area contributed by atoms with Crippen molar-refractivity contribution in [3.05, 3.63) is 35.4 Å². The van der Waals surface area contributed by atoms with E-state index < -0.39 is 0 Å². The number of aliphatic hydroxyl groups excluding tert-OH is 1. The molecule has 0 radical (unpaired) electrons. The Morgan fingerprint density at radius 1 is 1.20 bits per heavy atom. The summed E-state index contributed by atoms with van der Waals surface area (Å²) in [6.07, 6.45) is 6.99. The average Bonchev–Trinajstić information content (AvgIpc) is 2.47. The fourth-order valence-electron chi connectivity index (χ4n) is 3.08. The molecule has 1 saturated carbocycles. The molecule has 0 bridgehead atoms. The van der Waals surface area contributed by atoms with Gasteiger partial charge in [-0.15, -0.1) is 0 Å². The van der Waals surface area contributed by atoms with Gasteiger partial charge in [-0.3, -0.25) is 0 Å². The van der Waals surface area contributed by atoms with Crippen LogP contribution in [0.25, 0.3) is 0 Å². The number of nitrogens with zero attached hydrogens (tertiary/aromatic N) is 1. The summed E-state index contributed by atoms with van der Waals surface area (Å²) in [4.78, 5) is 2.41. The van der Waals surface area contributed by atoms with Crippen LogP contribution in [0.4, 0.5) is 0 Å². The van der Waals surface area contributed by atoms with Crippen LogP contribution in [0.5, 0.6) is 0 Å². The van der Waals surface area contributed by atoms with Gasteiger partial charge in [0.2, 0.25) is 0 Å². The third-order valence-corrected chi connectivity index (χ3v) is 4.05. The lowest BCUT2D eigenvalue weighted by atomic mass is 9.89. The first kappa shape index (κ1) is 15.1. The minimum Gasteiger partial charge on any atom is -0.384 e. The van der Waals surface area contributed by atoms with Gasteiger partial charge in [-0.05, 0) is 37.4 Å². The molecule has 2 heteroatoms. The molecular weight excluding hydrogens is 246 g/mol. The molecule has 0 spiro atoms. The zero-order valence-electron chi connectivity index (χ0n) is 12.4. The van der Waals surface area contributed by atoms with Crippen molar-refractivity contribution >= 4 is 0 Å². The summed E-state index contributed by atoms with van der Waals surface area (Å²) in [7, 11) is 2.20. The summed E-state index contributed by atoms with van der Waals surface area (Å²) >= 11 is 0. The maximum absolute atomic E-state index is 8.83. The van der Waals surface area contributed by atoms with E-state index in [1.807, 2.05) is 12.1 Å². The number of rotatable bonds is 4. The summed E-state index contributed by atoms with van der Waals surface area (Å²) in [5.41, 5.74) is 2.30. The van der Waals surface area contributed by atoms with Gasteiger partial charge in [0.05, 0.1) is 0 Å². The summed E-state index contributed by atoms with van der Waals surface area (Å²) in [5, 5.41) is 8.83. The fraction of sp³-hybridized carbons (Fsp3) is 0.556. The summed E-state index contributed by atoms with van der Waals surface area (Å²) in [6.45, 7) is 2.04. The van der Waals surface area contributed by atoms with E-state index in [-0.39, 0.29) is 6.61 Å². The molecule has 20 heavy (non-hydrogen) atoms. The topological polar surface area (TPSA) is 23.5 Å². The Bertz CT molecular complexity index is 466. The Hall–Kier alpha value is -1.30. The molecule has 2 nitrogen and oxygen atoms in total. The Kier molecular flexibility index (Phi) is 6.11. The largest absolute Gasteiger partial charge is 0.384 e. The number of aliphatic hydroxyl groups is 1. The average molecular weight is 271 g/mol. The summed E-state index contributed by atoms with van der Waals surface area (Å²) in [5.74, 6) is 6.66. The molecule has 0 atom stereocenters. The second kappa shape index (κ2) is 8.09. The lowest BCUT2D eigenvalue weighted by Gasteiger charge is -2.27. The highest BCUT2D eigenvalue weighted by Gasteiger charge is 2.15. The van der Waals surface area contributed by atoms with Crippen LogP contribution in [-0.2, 0) is 6.54 Å². The molecule has 1 aromatic rings. The fourth-order valence-corrected chi connectivity index (χ4v) is 3.08. The molecule has 1 aliphatic rings. The molecule has 108 valence electrons. The van der Waals surface area contributed by atoms with Crippen LogP contribution in [0.2, 0.25) is 0 Å². The zero-order valence-corrected chi connectivity index (χ0v) is 12.4. The second-order valence-corrected chi connectivity index (χ2v) is 5.82. The van der Waals surface area contributed by atoms with E-state index >= 15 is 0 Å². The van der Waals surface area contributed by atoms with E-state index in [1.165, 1.54) is 44.2 Å². The van der Waals surface area contributed by atoms with Crippen molar-refractivity contribution < 1.29 is 5.11 Å². The Morgan fingerprint density at radius 2 is 1.95 bits per heavy atom. The first-order chi connectivity index (χ1) is 9.79. The van der Waals surface area contributed by atoms with Crippen molar-refractivity contribution in [1.82, 2.24) is 4.90 Å². The molecule has 0 aromatic heterocycles. The molecule has 1 aliphatic carbocycles.